The van der Waals surface area contributed by atoms with Crippen molar-refractivity contribution in [3.63, 3.8) is 0 Å². The monoisotopic (exact) mass is 546 g/mol. The topological polar surface area (TPSA) is 58.6 Å². The van der Waals surface area contributed by atoms with Crippen LogP contribution in [0.3, 0.4) is 0 Å². The molecule has 2 amide bonds. The van der Waals surface area contributed by atoms with Gasteiger partial charge in [-0.2, -0.15) is 13.2 Å². The molecular weight excluding hydrogens is 523 g/mol. The first-order valence-electron chi connectivity index (χ1n) is 11.3. The van der Waals surface area contributed by atoms with Crippen molar-refractivity contribution in [3.05, 3.63) is 69.5 Å². The molecule has 2 aromatic rings. The van der Waals surface area contributed by atoms with Crippen LogP contribution >= 0.6 is 23.2 Å². The normalized spacial score (nSPS) is 21.7. The first-order chi connectivity index (χ1) is 16.9. The highest BCUT2D eigenvalue weighted by Gasteiger charge is 2.64. The number of ether oxygens (including phenoxy) is 1. The number of benzene rings is 2. The molecule has 2 aromatic carbocycles. The zero-order chi connectivity index (χ0) is 26.3. The SMILES string of the molecule is CO[C@@](C(=O)N1CCC2(CC1)CC(=O)NC[C@H]2c1ccc(F)cc1)(c1cc(Cl)cc(Cl)c1)C(F)(F)F. The molecule has 1 N–H and O–H groups in total. The van der Waals surface area contributed by atoms with Gasteiger partial charge < -0.3 is 15.0 Å². The maximum absolute atomic E-state index is 14.5. The molecule has 11 heteroatoms. The van der Waals surface area contributed by atoms with E-state index in [0.29, 0.717) is 19.4 Å². The number of hydrogen-bond donors (Lipinski definition) is 1. The highest BCUT2D eigenvalue weighted by molar-refractivity contribution is 6.34. The summed E-state index contributed by atoms with van der Waals surface area (Å²) in [5.41, 5.74) is -3.57. The first-order valence-corrected chi connectivity index (χ1v) is 12.1. The number of halogens is 6. The van der Waals surface area contributed by atoms with Gasteiger partial charge in [-0.3, -0.25) is 9.59 Å². The van der Waals surface area contributed by atoms with Gasteiger partial charge in [0.15, 0.2) is 0 Å². The molecule has 2 atom stereocenters. The van der Waals surface area contributed by atoms with E-state index in [1.54, 1.807) is 12.1 Å². The van der Waals surface area contributed by atoms with E-state index >= 15 is 0 Å². The maximum atomic E-state index is 14.5. The standard InChI is InChI=1S/C25H24Cl2F4N2O3/c1-36-24(25(29,30)31,16-10-17(26)12-18(27)11-16)22(35)33-8-6-23(7-9-33)13-21(34)32-14-20(23)15-2-4-19(28)5-3-15/h2-5,10-12,20H,6-9,13-14H2,1H3,(H,32,34)/t20-,24+/m0/s1. The third-order valence-electron chi connectivity index (χ3n) is 7.35. The van der Waals surface area contributed by atoms with Gasteiger partial charge >= 0.3 is 6.18 Å². The molecule has 36 heavy (non-hydrogen) atoms. The predicted octanol–water partition coefficient (Wildman–Crippen LogP) is 5.45. The Morgan fingerprint density at radius 3 is 2.19 bits per heavy atom. The van der Waals surface area contributed by atoms with Gasteiger partial charge in [0.25, 0.3) is 11.5 Å². The molecule has 4 rings (SSSR count). The van der Waals surface area contributed by atoms with Crippen LogP contribution in [0.1, 0.15) is 36.3 Å². The Morgan fingerprint density at radius 2 is 1.67 bits per heavy atom. The molecule has 2 aliphatic heterocycles. The number of carbonyl (C=O) groups is 2. The van der Waals surface area contributed by atoms with Crippen LogP contribution in [0.2, 0.25) is 10.0 Å². The number of hydrogen-bond acceptors (Lipinski definition) is 3. The lowest BCUT2D eigenvalue weighted by molar-refractivity contribution is -0.271. The minimum atomic E-state index is -5.11. The third kappa shape index (κ3) is 4.68. The molecule has 0 aromatic heterocycles. The number of rotatable bonds is 4. The Labute approximate surface area is 215 Å². The lowest BCUT2D eigenvalue weighted by Gasteiger charge is -2.50. The fourth-order valence-electron chi connectivity index (χ4n) is 5.49. The number of likely N-dealkylation sites (tertiary alicyclic amines) is 1. The highest BCUT2D eigenvalue weighted by Crippen LogP contribution is 2.50. The molecule has 0 aliphatic carbocycles. The molecule has 0 unspecified atom stereocenters. The molecule has 2 fully saturated rings. The number of nitrogens with one attached hydrogen (secondary N) is 1. The number of nitrogens with zero attached hydrogens (tertiary/aromatic N) is 1. The smallest absolute Gasteiger partial charge is 0.356 e. The van der Waals surface area contributed by atoms with Crippen LogP contribution in [-0.4, -0.2) is 49.6 Å². The summed E-state index contributed by atoms with van der Waals surface area (Å²) in [7, 11) is 0.821. The van der Waals surface area contributed by atoms with Crippen molar-refractivity contribution in [2.45, 2.75) is 37.0 Å². The Bertz CT molecular complexity index is 1130. The van der Waals surface area contributed by atoms with E-state index in [-0.39, 0.29) is 41.4 Å². The van der Waals surface area contributed by atoms with Crippen LogP contribution in [0, 0.1) is 11.2 Å². The summed E-state index contributed by atoms with van der Waals surface area (Å²) in [6.45, 7) is 0.294. The highest BCUT2D eigenvalue weighted by atomic mass is 35.5. The second kappa shape index (κ2) is 9.84. The van der Waals surface area contributed by atoms with E-state index in [0.717, 1.165) is 29.7 Å². The predicted molar refractivity (Wildman–Crippen MR) is 126 cm³/mol. The minimum absolute atomic E-state index is 0.0146. The second-order valence-corrected chi connectivity index (χ2v) is 10.2. The summed E-state index contributed by atoms with van der Waals surface area (Å²) in [6, 6.07) is 9.28. The number of piperidine rings is 2. The van der Waals surface area contributed by atoms with Gasteiger partial charge in [-0.1, -0.05) is 35.3 Å². The zero-order valence-electron chi connectivity index (χ0n) is 19.3. The van der Waals surface area contributed by atoms with Crippen molar-refractivity contribution in [3.8, 4) is 0 Å². The molecule has 0 radical (unpaired) electrons. The summed E-state index contributed by atoms with van der Waals surface area (Å²) < 4.78 is 61.9. The molecule has 1 spiro atoms. The minimum Gasteiger partial charge on any atom is -0.356 e. The Kier molecular flexibility index (Phi) is 7.29. The van der Waals surface area contributed by atoms with Crippen molar-refractivity contribution in [2.75, 3.05) is 26.7 Å². The van der Waals surface area contributed by atoms with Crippen molar-refractivity contribution in [2.24, 2.45) is 5.41 Å². The van der Waals surface area contributed by atoms with Gasteiger partial charge in [-0.05, 0) is 54.2 Å². The molecule has 5 nitrogen and oxygen atoms in total. The zero-order valence-corrected chi connectivity index (χ0v) is 20.8. The van der Waals surface area contributed by atoms with Crippen LogP contribution < -0.4 is 5.32 Å². The van der Waals surface area contributed by atoms with E-state index < -0.39 is 34.5 Å². The summed E-state index contributed by atoms with van der Waals surface area (Å²) in [5, 5.41) is 2.70. The van der Waals surface area contributed by atoms with Gasteiger partial charge in [0.1, 0.15) is 5.82 Å². The van der Waals surface area contributed by atoms with E-state index in [1.165, 1.54) is 18.2 Å². The summed E-state index contributed by atoms with van der Waals surface area (Å²) in [6.07, 6.45) is -4.36. The Hall–Kier alpha value is -2.36. The summed E-state index contributed by atoms with van der Waals surface area (Å²) >= 11 is 11.9. The number of amides is 2. The van der Waals surface area contributed by atoms with Crippen LogP contribution in [0.4, 0.5) is 17.6 Å². The van der Waals surface area contributed by atoms with Crippen molar-refractivity contribution < 1.29 is 31.9 Å². The number of carbonyl (C=O) groups excluding carboxylic acids is 2. The van der Waals surface area contributed by atoms with Crippen molar-refractivity contribution in [1.29, 1.82) is 0 Å². The average Bonchev–Trinajstić information content (AvgIpc) is 2.80. The van der Waals surface area contributed by atoms with Crippen molar-refractivity contribution >= 4 is 35.0 Å². The molecule has 2 aliphatic rings. The molecule has 194 valence electrons. The quantitative estimate of drug-likeness (QED) is 0.519. The van der Waals surface area contributed by atoms with Crippen LogP contribution in [0.15, 0.2) is 42.5 Å². The fraction of sp³-hybridized carbons (Fsp3) is 0.440. The van der Waals surface area contributed by atoms with Gasteiger partial charge in [0.05, 0.1) is 0 Å². The van der Waals surface area contributed by atoms with E-state index in [4.69, 9.17) is 27.9 Å². The molecular formula is C25H24Cl2F4N2O3. The van der Waals surface area contributed by atoms with E-state index in [2.05, 4.69) is 5.32 Å². The number of methoxy groups -OCH3 is 1. The molecule has 0 bridgehead atoms. The second-order valence-electron chi connectivity index (χ2n) is 9.28. The Balaban J connectivity index is 1.64. The lowest BCUT2D eigenvalue weighted by Crippen LogP contribution is -2.60. The first kappa shape index (κ1) is 26.7. The third-order valence-corrected chi connectivity index (χ3v) is 7.79. The fourth-order valence-corrected chi connectivity index (χ4v) is 6.02. The summed E-state index contributed by atoms with van der Waals surface area (Å²) in [4.78, 5) is 27.0. The van der Waals surface area contributed by atoms with E-state index in [9.17, 15) is 27.2 Å². The maximum Gasteiger partial charge on any atom is 0.430 e. The largest absolute Gasteiger partial charge is 0.430 e. The van der Waals surface area contributed by atoms with Crippen LogP contribution in [-0.2, 0) is 19.9 Å². The number of alkyl halides is 3. The molecule has 0 saturated carbocycles. The van der Waals surface area contributed by atoms with Crippen LogP contribution in [0.5, 0.6) is 0 Å². The average molecular weight is 547 g/mol. The lowest BCUT2D eigenvalue weighted by atomic mass is 9.62. The van der Waals surface area contributed by atoms with Crippen molar-refractivity contribution in [1.82, 2.24) is 10.2 Å². The van der Waals surface area contributed by atoms with Gasteiger partial charge in [-0.15, -0.1) is 0 Å². The Morgan fingerprint density at radius 1 is 1.08 bits per heavy atom. The molecule has 2 saturated heterocycles. The summed E-state index contributed by atoms with van der Waals surface area (Å²) in [5.74, 6) is -2.00. The van der Waals surface area contributed by atoms with Crippen LogP contribution in [0.25, 0.3) is 0 Å². The van der Waals surface area contributed by atoms with Gasteiger partial charge in [0.2, 0.25) is 5.91 Å². The van der Waals surface area contributed by atoms with E-state index in [1.807, 2.05) is 0 Å². The van der Waals surface area contributed by atoms with Gasteiger partial charge in [0, 0.05) is 54.7 Å². The van der Waals surface area contributed by atoms with Gasteiger partial charge in [-0.25, -0.2) is 4.39 Å². The molecule has 2 heterocycles.